The van der Waals surface area contributed by atoms with E-state index >= 15 is 0 Å². The molecule has 0 spiro atoms. The third-order valence-corrected chi connectivity index (χ3v) is 6.74. The highest BCUT2D eigenvalue weighted by atomic mass is 16.7. The smallest absolute Gasteiger partial charge is 0.403 e. The second-order valence-corrected chi connectivity index (χ2v) is 9.82. The summed E-state index contributed by atoms with van der Waals surface area (Å²) in [5.74, 6) is 0.706. The number of unbranched alkanes of at least 4 members (excludes halogenated alkanes) is 8. The third-order valence-electron chi connectivity index (χ3n) is 6.74. The topological polar surface area (TPSA) is 71.1 Å². The Balaban J connectivity index is 1.83. The predicted molar refractivity (Wildman–Crippen MR) is 161 cm³/mol. The Bertz CT molecular complexity index is 1310. The fourth-order valence-corrected chi connectivity index (χ4v) is 4.52. The van der Waals surface area contributed by atoms with E-state index in [1.165, 1.54) is 38.2 Å². The van der Waals surface area contributed by atoms with E-state index in [2.05, 4.69) is 13.8 Å². The highest BCUT2D eigenvalue weighted by molar-refractivity contribution is 6.12. The molecule has 6 nitrogen and oxygen atoms in total. The van der Waals surface area contributed by atoms with Crippen LogP contribution in [0, 0.1) is 0 Å². The van der Waals surface area contributed by atoms with Crippen molar-refractivity contribution < 1.29 is 28.5 Å². The molecule has 0 fully saturated rings. The third kappa shape index (κ3) is 9.15. The van der Waals surface area contributed by atoms with Gasteiger partial charge in [0.15, 0.2) is 0 Å². The molecule has 0 heterocycles. The van der Waals surface area contributed by atoms with Crippen molar-refractivity contribution >= 4 is 33.9 Å². The molecule has 40 heavy (non-hydrogen) atoms. The van der Waals surface area contributed by atoms with Crippen LogP contribution in [-0.2, 0) is 15.9 Å². The summed E-state index contributed by atoms with van der Waals surface area (Å²) >= 11 is 0. The average Bonchev–Trinajstić information content (AvgIpc) is 2.97. The Morgan fingerprint density at radius 3 is 1.62 bits per heavy atom. The number of carbonyl (C=O) groups excluding carboxylic acids is 2. The van der Waals surface area contributed by atoms with Gasteiger partial charge in [0.25, 0.3) is 0 Å². The van der Waals surface area contributed by atoms with Gasteiger partial charge in [-0.15, -0.1) is 0 Å². The van der Waals surface area contributed by atoms with E-state index in [4.69, 9.17) is 18.9 Å². The summed E-state index contributed by atoms with van der Waals surface area (Å²) in [6.45, 7) is 6.39. The minimum absolute atomic E-state index is 0.349. The van der Waals surface area contributed by atoms with Crippen LogP contribution in [0.2, 0.25) is 0 Å². The van der Waals surface area contributed by atoms with Crippen LogP contribution in [0.15, 0.2) is 67.1 Å². The lowest BCUT2D eigenvalue weighted by Gasteiger charge is -2.16. The number of hydrogen-bond acceptors (Lipinski definition) is 6. The fourth-order valence-electron chi connectivity index (χ4n) is 4.52. The second-order valence-electron chi connectivity index (χ2n) is 9.82. The van der Waals surface area contributed by atoms with Crippen LogP contribution >= 0.6 is 0 Å². The number of ether oxygens (including phenoxy) is 4. The molecule has 0 unspecified atom stereocenters. The molecule has 0 saturated heterocycles. The Morgan fingerprint density at radius 1 is 0.625 bits per heavy atom. The molecule has 0 atom stereocenters. The number of hydrogen-bond donors (Lipinski definition) is 0. The van der Waals surface area contributed by atoms with Crippen LogP contribution in [-0.4, -0.2) is 12.3 Å². The first-order valence-electron chi connectivity index (χ1n) is 14.6. The molecule has 0 amide bonds. The molecule has 3 aromatic rings. The van der Waals surface area contributed by atoms with Gasteiger partial charge in [-0.2, -0.15) is 0 Å². The van der Waals surface area contributed by atoms with E-state index in [1.54, 1.807) is 0 Å². The molecule has 0 aliphatic rings. The van der Waals surface area contributed by atoms with Crippen molar-refractivity contribution in [2.75, 3.05) is 0 Å². The molecule has 214 valence electrons. The molecule has 0 bridgehead atoms. The molecule has 0 radical (unpaired) electrons. The Labute approximate surface area is 237 Å². The first-order valence-corrected chi connectivity index (χ1v) is 14.6. The summed E-state index contributed by atoms with van der Waals surface area (Å²) in [6.07, 6.45) is 16.4. The minimum Gasteiger partial charge on any atom is -0.403 e. The number of fused-ring (bicyclic) bond motifs is 2. The zero-order chi connectivity index (χ0) is 28.6. The number of aryl methyl sites for hydroxylation is 1. The van der Waals surface area contributed by atoms with Gasteiger partial charge in [-0.05, 0) is 55.9 Å². The average molecular weight is 547 g/mol. The normalized spacial score (nSPS) is 11.5. The first kappa shape index (κ1) is 30.7. The molecule has 0 N–H and O–H groups in total. The van der Waals surface area contributed by atoms with E-state index in [9.17, 15) is 9.59 Å². The molecular weight excluding hydrogens is 504 g/mol. The molecule has 0 saturated carbocycles. The quantitative estimate of drug-likeness (QED) is 0.0621. The predicted octanol–water partition coefficient (Wildman–Crippen LogP) is 10.6. The molecule has 6 heteroatoms. The van der Waals surface area contributed by atoms with Gasteiger partial charge in [0.1, 0.15) is 11.5 Å². The van der Waals surface area contributed by atoms with E-state index in [1.807, 2.05) is 61.5 Å². The van der Waals surface area contributed by atoms with Crippen LogP contribution in [0.5, 0.6) is 11.5 Å². The zero-order valence-corrected chi connectivity index (χ0v) is 24.1. The van der Waals surface area contributed by atoms with E-state index < -0.39 is 12.3 Å². The summed E-state index contributed by atoms with van der Waals surface area (Å²) < 4.78 is 22.0. The Morgan fingerprint density at radius 2 is 1.12 bits per heavy atom. The van der Waals surface area contributed by atoms with Gasteiger partial charge in [-0.25, -0.2) is 9.59 Å². The summed E-state index contributed by atoms with van der Waals surface area (Å²) in [6, 6.07) is 13.1. The summed E-state index contributed by atoms with van der Waals surface area (Å²) in [5, 5.41) is 2.52. The van der Waals surface area contributed by atoms with Gasteiger partial charge in [0.05, 0.1) is 12.5 Å². The zero-order valence-electron chi connectivity index (χ0n) is 24.1. The maximum Gasteiger partial charge on any atom is 0.518 e. The molecule has 0 aliphatic carbocycles. The number of allylic oxidation sites excluding steroid dienone is 2. The molecule has 0 aliphatic heterocycles. The van der Waals surface area contributed by atoms with Crippen LogP contribution in [0.1, 0.15) is 90.5 Å². The fraction of sp³-hybridized carbons (Fsp3) is 0.412. The monoisotopic (exact) mass is 546 g/mol. The second kappa shape index (κ2) is 17.0. The molecule has 0 aromatic heterocycles. The Kier molecular flexibility index (Phi) is 13.1. The van der Waals surface area contributed by atoms with Crippen molar-refractivity contribution in [3.05, 3.63) is 72.7 Å². The van der Waals surface area contributed by atoms with E-state index in [0.717, 1.165) is 50.5 Å². The molecule has 3 aromatic carbocycles. The lowest BCUT2D eigenvalue weighted by molar-refractivity contribution is 0.134. The maximum absolute atomic E-state index is 12.7. The van der Waals surface area contributed by atoms with Gasteiger partial charge in [0, 0.05) is 21.5 Å². The van der Waals surface area contributed by atoms with E-state index in [0.29, 0.717) is 33.0 Å². The SMILES string of the molecule is CCCCCC/C=C/OC(=O)Oc1c2ccccc2c(OC(=O)O/C=C/CCCCCC)c2cc(CC)ccc12. The van der Waals surface area contributed by atoms with Crippen molar-refractivity contribution in [1.29, 1.82) is 0 Å². The largest absolute Gasteiger partial charge is 0.518 e. The van der Waals surface area contributed by atoms with Crippen molar-refractivity contribution in [1.82, 2.24) is 0 Å². The van der Waals surface area contributed by atoms with Gasteiger partial charge in [0.2, 0.25) is 0 Å². The number of carbonyl (C=O) groups is 2. The van der Waals surface area contributed by atoms with Crippen molar-refractivity contribution in [2.24, 2.45) is 0 Å². The summed E-state index contributed by atoms with van der Waals surface area (Å²) in [4.78, 5) is 25.3. The number of rotatable bonds is 15. The van der Waals surface area contributed by atoms with E-state index in [-0.39, 0.29) is 0 Å². The van der Waals surface area contributed by atoms with Gasteiger partial charge >= 0.3 is 12.3 Å². The lowest BCUT2D eigenvalue weighted by atomic mass is 9.98. The maximum atomic E-state index is 12.7. The van der Waals surface area contributed by atoms with Crippen LogP contribution in [0.3, 0.4) is 0 Å². The minimum atomic E-state index is -0.826. The first-order chi connectivity index (χ1) is 19.6. The van der Waals surface area contributed by atoms with Gasteiger partial charge in [-0.3, -0.25) is 0 Å². The van der Waals surface area contributed by atoms with Crippen molar-refractivity contribution in [2.45, 2.75) is 91.4 Å². The van der Waals surface area contributed by atoms with Gasteiger partial charge in [-0.1, -0.05) is 95.7 Å². The summed E-state index contributed by atoms with van der Waals surface area (Å²) in [7, 11) is 0. The van der Waals surface area contributed by atoms with Crippen LogP contribution in [0.25, 0.3) is 21.5 Å². The van der Waals surface area contributed by atoms with Crippen molar-refractivity contribution in [3.63, 3.8) is 0 Å². The highest BCUT2D eigenvalue weighted by Gasteiger charge is 2.21. The van der Waals surface area contributed by atoms with Crippen molar-refractivity contribution in [3.8, 4) is 11.5 Å². The highest BCUT2D eigenvalue weighted by Crippen LogP contribution is 2.43. The van der Waals surface area contributed by atoms with Crippen LogP contribution in [0.4, 0.5) is 9.59 Å². The standard InChI is InChI=1S/C34H42O6/c1-4-7-9-11-13-17-23-37-33(35)39-31-27-19-15-16-20-28(27)32(30-25-26(6-3)21-22-29(30)31)40-34(36)38-24-18-14-12-10-8-5-2/h15-25H,4-14H2,1-3H3/b23-17+,24-18+. The van der Waals surface area contributed by atoms with Gasteiger partial charge < -0.3 is 18.9 Å². The lowest BCUT2D eigenvalue weighted by Crippen LogP contribution is -2.10. The molecular formula is C34H42O6. The van der Waals surface area contributed by atoms with Crippen LogP contribution < -0.4 is 9.47 Å². The Hall–Kier alpha value is -3.80. The summed E-state index contributed by atoms with van der Waals surface area (Å²) in [5.41, 5.74) is 1.05. The number of benzene rings is 3. The molecule has 3 rings (SSSR count).